The van der Waals surface area contributed by atoms with E-state index in [4.69, 9.17) is 0 Å². The van der Waals surface area contributed by atoms with E-state index in [1.807, 2.05) is 6.08 Å². The molecule has 0 aliphatic heterocycles. The van der Waals surface area contributed by atoms with Crippen molar-refractivity contribution in [2.24, 2.45) is 5.92 Å². The number of hydrogen-bond acceptors (Lipinski definition) is 3. The molecular formula is C19H25NO3. The Morgan fingerprint density at radius 3 is 2.48 bits per heavy atom. The maximum Gasteiger partial charge on any atom is 0.278 e. The van der Waals surface area contributed by atoms with Gasteiger partial charge in [-0.15, -0.1) is 0 Å². The molecule has 4 nitrogen and oxygen atoms in total. The Balaban J connectivity index is 2.60. The lowest BCUT2D eigenvalue weighted by Gasteiger charge is -2.07. The molecule has 124 valence electrons. The van der Waals surface area contributed by atoms with Crippen LogP contribution in [0.15, 0.2) is 54.1 Å². The summed E-state index contributed by atoms with van der Waals surface area (Å²) in [6, 6.07) is 7.23. The normalized spacial score (nSPS) is 13.5. The van der Waals surface area contributed by atoms with E-state index in [0.29, 0.717) is 11.5 Å². The van der Waals surface area contributed by atoms with E-state index < -0.39 is 16.7 Å². The van der Waals surface area contributed by atoms with Crippen molar-refractivity contribution in [1.29, 1.82) is 0 Å². The molecule has 1 unspecified atom stereocenters. The van der Waals surface area contributed by atoms with E-state index in [1.54, 1.807) is 36.4 Å². The topological polar surface area (TPSA) is 60.2 Å². The van der Waals surface area contributed by atoms with Gasteiger partial charge in [0.2, 0.25) is 5.78 Å². The highest BCUT2D eigenvalue weighted by molar-refractivity contribution is 5.99. The van der Waals surface area contributed by atoms with Crippen LogP contribution in [-0.4, -0.2) is 16.7 Å². The van der Waals surface area contributed by atoms with E-state index >= 15 is 0 Å². The quantitative estimate of drug-likeness (QED) is 0.283. The van der Waals surface area contributed by atoms with E-state index in [-0.39, 0.29) is 6.42 Å². The highest BCUT2D eigenvalue weighted by atomic mass is 16.6. The zero-order chi connectivity index (χ0) is 17.2. The molecule has 0 bridgehead atoms. The average molecular weight is 315 g/mol. The second kappa shape index (κ2) is 9.72. The van der Waals surface area contributed by atoms with Gasteiger partial charge in [0.15, 0.2) is 0 Å². The Bertz CT molecular complexity index is 572. The number of hydrogen-bond donors (Lipinski definition) is 0. The van der Waals surface area contributed by atoms with Gasteiger partial charge in [-0.25, -0.2) is 0 Å². The zero-order valence-electron chi connectivity index (χ0n) is 14.1. The molecule has 0 saturated carbocycles. The molecule has 0 aliphatic carbocycles. The van der Waals surface area contributed by atoms with Gasteiger partial charge in [-0.2, -0.15) is 0 Å². The summed E-state index contributed by atoms with van der Waals surface area (Å²) < 4.78 is 0. The van der Waals surface area contributed by atoms with Crippen molar-refractivity contribution in [2.45, 2.75) is 46.1 Å². The Labute approximate surface area is 138 Å². The van der Waals surface area contributed by atoms with Gasteiger partial charge >= 0.3 is 0 Å². The molecule has 0 N–H and O–H groups in total. The molecule has 0 heterocycles. The van der Waals surface area contributed by atoms with E-state index in [9.17, 15) is 14.9 Å². The van der Waals surface area contributed by atoms with Crippen molar-refractivity contribution in [3.05, 3.63) is 69.8 Å². The fourth-order valence-corrected chi connectivity index (χ4v) is 2.25. The fraction of sp³-hybridized carbons (Fsp3) is 0.421. The maximum absolute atomic E-state index is 12.2. The molecule has 0 saturated heterocycles. The molecule has 0 amide bonds. The van der Waals surface area contributed by atoms with Gasteiger partial charge in [-0.05, 0) is 32.6 Å². The summed E-state index contributed by atoms with van der Waals surface area (Å²) in [5, 5.41) is 11.2. The predicted octanol–water partition coefficient (Wildman–Crippen LogP) is 4.84. The summed E-state index contributed by atoms with van der Waals surface area (Å²) in [7, 11) is 0. The lowest BCUT2D eigenvalue weighted by molar-refractivity contribution is -0.504. The van der Waals surface area contributed by atoms with Gasteiger partial charge in [0.25, 0.3) is 6.04 Å². The van der Waals surface area contributed by atoms with Crippen molar-refractivity contribution in [3.8, 4) is 0 Å². The number of nitro groups is 1. The van der Waals surface area contributed by atoms with Crippen LogP contribution in [0.1, 0.15) is 50.4 Å². The van der Waals surface area contributed by atoms with E-state index in [2.05, 4.69) is 26.8 Å². The van der Waals surface area contributed by atoms with Crippen LogP contribution >= 0.6 is 0 Å². The predicted molar refractivity (Wildman–Crippen MR) is 93.1 cm³/mol. The van der Waals surface area contributed by atoms with Gasteiger partial charge < -0.3 is 0 Å². The van der Waals surface area contributed by atoms with Crippen LogP contribution < -0.4 is 0 Å². The lowest BCUT2D eigenvalue weighted by Crippen LogP contribution is -2.29. The molecule has 2 atom stereocenters. The fourth-order valence-electron chi connectivity index (χ4n) is 2.25. The molecule has 4 heteroatoms. The zero-order valence-corrected chi connectivity index (χ0v) is 14.1. The first-order valence-corrected chi connectivity index (χ1v) is 7.94. The maximum atomic E-state index is 12.2. The molecule has 0 aliphatic rings. The smallest absolute Gasteiger partial charge is 0.278 e. The Kier molecular flexibility index (Phi) is 7.95. The number of nitrogens with zero attached hydrogens (tertiary/aromatic N) is 1. The molecule has 0 radical (unpaired) electrons. The highest BCUT2D eigenvalue weighted by Crippen LogP contribution is 2.13. The van der Waals surface area contributed by atoms with Gasteiger partial charge in [0, 0.05) is 16.9 Å². The molecule has 0 fully saturated rings. The van der Waals surface area contributed by atoms with Crippen LogP contribution in [0.4, 0.5) is 0 Å². The Morgan fingerprint density at radius 2 is 1.91 bits per heavy atom. The summed E-state index contributed by atoms with van der Waals surface area (Å²) >= 11 is 0. The van der Waals surface area contributed by atoms with Crippen LogP contribution in [-0.2, 0) is 0 Å². The highest BCUT2D eigenvalue weighted by Gasteiger charge is 2.29. The van der Waals surface area contributed by atoms with Gasteiger partial charge in [-0.1, -0.05) is 61.1 Å². The molecule has 1 rings (SSSR count). The molecular weight excluding hydrogens is 290 g/mol. The molecule has 0 spiro atoms. The van der Waals surface area contributed by atoms with Gasteiger partial charge in [0.05, 0.1) is 0 Å². The first-order valence-electron chi connectivity index (χ1n) is 7.94. The molecule has 1 aromatic rings. The third kappa shape index (κ3) is 7.04. The standard InChI is InChI=1S/C19H25NO3/c1-15(2)9-7-10-16(3)11-8-14-18(20(22)23)19(21)17-12-5-4-6-13-17/h4-6,8-9,11-13,16,18H,7,10,14H2,1-3H3/b11-8+/t16-,18?/m0/s1. The van der Waals surface area contributed by atoms with E-state index in [0.717, 1.165) is 12.8 Å². The third-order valence-electron chi connectivity index (χ3n) is 3.61. The summed E-state index contributed by atoms with van der Waals surface area (Å²) in [6.45, 7) is 6.21. The molecule has 23 heavy (non-hydrogen) atoms. The largest absolute Gasteiger partial charge is 0.286 e. The monoisotopic (exact) mass is 315 g/mol. The van der Waals surface area contributed by atoms with Crippen LogP contribution in [0.2, 0.25) is 0 Å². The van der Waals surface area contributed by atoms with Crippen molar-refractivity contribution < 1.29 is 9.72 Å². The number of carbonyl (C=O) groups is 1. The van der Waals surface area contributed by atoms with Crippen LogP contribution in [0.3, 0.4) is 0 Å². The summed E-state index contributed by atoms with van der Waals surface area (Å²) in [5.74, 6) is -0.0951. The number of carbonyl (C=O) groups excluding carboxylic acids is 1. The number of allylic oxidation sites excluding steroid dienone is 3. The molecule has 0 aromatic heterocycles. The summed E-state index contributed by atoms with van der Waals surface area (Å²) in [4.78, 5) is 22.9. The Hall–Kier alpha value is -2.23. The van der Waals surface area contributed by atoms with Crippen molar-refractivity contribution in [3.63, 3.8) is 0 Å². The van der Waals surface area contributed by atoms with Crippen LogP contribution in [0.5, 0.6) is 0 Å². The van der Waals surface area contributed by atoms with Crippen molar-refractivity contribution in [2.75, 3.05) is 0 Å². The van der Waals surface area contributed by atoms with Crippen LogP contribution in [0, 0.1) is 16.0 Å². The lowest BCUT2D eigenvalue weighted by atomic mass is 9.99. The minimum atomic E-state index is -1.21. The first-order chi connectivity index (χ1) is 10.9. The average Bonchev–Trinajstić information content (AvgIpc) is 2.51. The summed E-state index contributed by atoms with van der Waals surface area (Å²) in [5.41, 5.74) is 1.68. The minimum absolute atomic E-state index is 0.133. The minimum Gasteiger partial charge on any atom is -0.286 e. The van der Waals surface area contributed by atoms with Crippen LogP contribution in [0.25, 0.3) is 0 Å². The SMILES string of the molecule is CC(C)=CCC[C@H](C)/C=C/CC(C(=O)c1ccccc1)[N+](=O)[O-]. The number of rotatable bonds is 9. The third-order valence-corrected chi connectivity index (χ3v) is 3.61. The number of ketones is 1. The van der Waals surface area contributed by atoms with Crippen molar-refractivity contribution in [1.82, 2.24) is 0 Å². The van der Waals surface area contributed by atoms with Gasteiger partial charge in [-0.3, -0.25) is 14.9 Å². The molecule has 1 aromatic carbocycles. The summed E-state index contributed by atoms with van der Waals surface area (Å²) in [6.07, 6.45) is 8.04. The number of benzene rings is 1. The second-order valence-electron chi connectivity index (χ2n) is 6.03. The first kappa shape index (κ1) is 18.8. The second-order valence-corrected chi connectivity index (χ2v) is 6.03. The van der Waals surface area contributed by atoms with Gasteiger partial charge in [0.1, 0.15) is 0 Å². The Morgan fingerprint density at radius 1 is 1.26 bits per heavy atom. The van der Waals surface area contributed by atoms with E-state index in [1.165, 1.54) is 5.57 Å². The number of Topliss-reactive ketones (excluding diaryl/α,β-unsaturated/α-hetero) is 1. The van der Waals surface area contributed by atoms with Crippen molar-refractivity contribution >= 4 is 5.78 Å².